The largest absolute Gasteiger partial charge is 0.179 e. The molecule has 0 aromatic carbocycles. The van der Waals surface area contributed by atoms with Gasteiger partial charge in [-0.3, -0.25) is 0 Å². The smallest absolute Gasteiger partial charge is 0.162 e. The third-order valence-corrected chi connectivity index (χ3v) is 6.91. The Balaban J connectivity index is 2.53. The van der Waals surface area contributed by atoms with Gasteiger partial charge in [-0.05, 0) is 5.54 Å². The van der Waals surface area contributed by atoms with Crippen LogP contribution in [0.2, 0.25) is 12.1 Å². The molecule has 1 aliphatic carbocycles. The lowest BCUT2D eigenvalue weighted by Gasteiger charge is -2.21. The number of hydrogen-bond donors (Lipinski definition) is 0. The summed E-state index contributed by atoms with van der Waals surface area (Å²) in [6.07, 6.45) is 5.46. The molecule has 0 spiro atoms. The molecule has 0 nitrogen and oxygen atoms in total. The molecule has 0 amide bonds. The summed E-state index contributed by atoms with van der Waals surface area (Å²) in [5, 5.41) is 0. The van der Waals surface area contributed by atoms with E-state index >= 15 is 0 Å². The van der Waals surface area contributed by atoms with Crippen molar-refractivity contribution < 1.29 is 0 Å². The summed E-state index contributed by atoms with van der Waals surface area (Å²) in [5.41, 5.74) is 2.83. The first-order valence-electron chi connectivity index (χ1n) is 3.99. The maximum absolute atomic E-state index is 6.35. The van der Waals surface area contributed by atoms with Gasteiger partial charge in [-0.2, -0.15) is 11.1 Å². The fraction of sp³-hybridized carbons (Fsp3) is 0.750. The molecule has 0 aromatic rings. The average Bonchev–Trinajstić information content (AvgIpc) is 2.38. The van der Waals surface area contributed by atoms with Crippen molar-refractivity contribution in [1.29, 1.82) is 0 Å². The molecule has 0 heterocycles. The quantitative estimate of drug-likeness (QED) is 0.444. The summed E-state index contributed by atoms with van der Waals surface area (Å²) in [7, 11) is -1.51. The predicted octanol–water partition coefficient (Wildman–Crippen LogP) is 3.47. The van der Waals surface area contributed by atoms with E-state index in [1.165, 1.54) is 25.7 Å². The van der Waals surface area contributed by atoms with Gasteiger partial charge in [0.2, 0.25) is 0 Å². The lowest BCUT2D eigenvalue weighted by molar-refractivity contribution is 0.855. The second kappa shape index (κ2) is 3.10. The van der Waals surface area contributed by atoms with Crippen LogP contribution >= 0.6 is 11.1 Å². The Bertz CT molecular complexity index is 125. The highest BCUT2D eigenvalue weighted by atomic mass is 35.6. The van der Waals surface area contributed by atoms with E-state index in [0.29, 0.717) is 0 Å². The number of rotatable bonds is 2. The van der Waals surface area contributed by atoms with Crippen molar-refractivity contribution in [2.24, 2.45) is 0 Å². The van der Waals surface area contributed by atoms with Crippen LogP contribution in [0.5, 0.6) is 0 Å². The van der Waals surface area contributed by atoms with Crippen molar-refractivity contribution in [2.45, 2.75) is 37.8 Å². The van der Waals surface area contributed by atoms with Crippen LogP contribution in [0.15, 0.2) is 12.3 Å². The van der Waals surface area contributed by atoms with Crippen molar-refractivity contribution in [3.05, 3.63) is 12.3 Å². The molecule has 0 aliphatic heterocycles. The van der Waals surface area contributed by atoms with Gasteiger partial charge >= 0.3 is 0 Å². The molecule has 1 fully saturated rings. The monoisotopic (exact) mass is 174 g/mol. The zero-order valence-electron chi connectivity index (χ0n) is 6.57. The molecule has 1 rings (SSSR count). The van der Waals surface area contributed by atoms with E-state index in [9.17, 15) is 0 Å². The molecule has 1 unspecified atom stereocenters. The molecule has 0 saturated heterocycles. The molecule has 0 N–H and O–H groups in total. The lowest BCUT2D eigenvalue weighted by atomic mass is 10.4. The third-order valence-electron chi connectivity index (χ3n) is 2.55. The van der Waals surface area contributed by atoms with Crippen LogP contribution in [0.4, 0.5) is 0 Å². The zero-order chi connectivity index (χ0) is 7.61. The van der Waals surface area contributed by atoms with Crippen molar-refractivity contribution in [2.75, 3.05) is 0 Å². The van der Waals surface area contributed by atoms with Crippen LogP contribution in [0, 0.1) is 0 Å². The minimum absolute atomic E-state index is 0.812. The summed E-state index contributed by atoms with van der Waals surface area (Å²) in [5.74, 6) is 0. The van der Waals surface area contributed by atoms with Crippen LogP contribution < -0.4 is 0 Å². The van der Waals surface area contributed by atoms with Gasteiger partial charge in [-0.1, -0.05) is 37.9 Å². The normalized spacial score (nSPS) is 26.2. The molecule has 58 valence electrons. The fourth-order valence-electron chi connectivity index (χ4n) is 1.66. The molecular formula is C8H15ClSi. The van der Waals surface area contributed by atoms with Gasteiger partial charge in [0.15, 0.2) is 7.38 Å². The molecule has 0 bridgehead atoms. The second-order valence-corrected chi connectivity index (χ2v) is 9.31. The van der Waals surface area contributed by atoms with Crippen molar-refractivity contribution in [1.82, 2.24) is 0 Å². The molecular weight excluding hydrogens is 160 g/mol. The van der Waals surface area contributed by atoms with Gasteiger partial charge in [0.05, 0.1) is 0 Å². The number of hydrogen-bond acceptors (Lipinski definition) is 0. The summed E-state index contributed by atoms with van der Waals surface area (Å²) in [6, 6.07) is 0. The van der Waals surface area contributed by atoms with E-state index in [-0.39, 0.29) is 0 Å². The van der Waals surface area contributed by atoms with E-state index in [0.717, 1.165) is 5.54 Å². The summed E-state index contributed by atoms with van der Waals surface area (Å²) >= 11 is 6.35. The molecule has 1 atom stereocenters. The standard InChI is InChI=1S/C8H15ClSi/c1-3-10(2,9)8-6-4-5-7-8/h3,8H,1,4-7H2,2H3. The van der Waals surface area contributed by atoms with E-state index < -0.39 is 7.38 Å². The Hall–Kier alpha value is 0.247. The first kappa shape index (κ1) is 8.34. The lowest BCUT2D eigenvalue weighted by Crippen LogP contribution is -2.25. The first-order valence-corrected chi connectivity index (χ1v) is 7.66. The SMILES string of the molecule is C=C[Si](C)(Cl)C1CCCC1. The van der Waals surface area contributed by atoms with Gasteiger partial charge in [0.25, 0.3) is 0 Å². The first-order chi connectivity index (χ1) is 4.67. The second-order valence-electron chi connectivity index (χ2n) is 3.34. The van der Waals surface area contributed by atoms with Crippen LogP contribution in [0.25, 0.3) is 0 Å². The van der Waals surface area contributed by atoms with E-state index in [4.69, 9.17) is 11.1 Å². The Morgan fingerprint density at radius 3 is 2.40 bits per heavy atom. The molecule has 0 radical (unpaired) electrons. The minimum atomic E-state index is -1.51. The fourth-order valence-corrected chi connectivity index (χ4v) is 4.18. The molecule has 1 saturated carbocycles. The van der Waals surface area contributed by atoms with Gasteiger partial charge in [0.1, 0.15) is 0 Å². The summed E-state index contributed by atoms with van der Waals surface area (Å²) < 4.78 is 0. The molecule has 1 aliphatic rings. The number of halogens is 1. The zero-order valence-corrected chi connectivity index (χ0v) is 8.32. The predicted molar refractivity (Wildman–Crippen MR) is 49.9 cm³/mol. The average molecular weight is 175 g/mol. The van der Waals surface area contributed by atoms with Crippen molar-refractivity contribution in [3.63, 3.8) is 0 Å². The third kappa shape index (κ3) is 1.64. The van der Waals surface area contributed by atoms with Gasteiger partial charge in [-0.15, -0.1) is 6.58 Å². The highest BCUT2D eigenvalue weighted by Crippen LogP contribution is 2.40. The van der Waals surface area contributed by atoms with E-state index in [2.05, 4.69) is 13.1 Å². The molecule has 0 aromatic heterocycles. The van der Waals surface area contributed by atoms with Crippen molar-refractivity contribution in [3.8, 4) is 0 Å². The van der Waals surface area contributed by atoms with Gasteiger partial charge in [0, 0.05) is 0 Å². The maximum atomic E-state index is 6.35. The Morgan fingerprint density at radius 1 is 1.50 bits per heavy atom. The highest BCUT2D eigenvalue weighted by Gasteiger charge is 2.33. The van der Waals surface area contributed by atoms with Crippen molar-refractivity contribution >= 4 is 18.5 Å². The maximum Gasteiger partial charge on any atom is 0.179 e. The Kier molecular flexibility index (Phi) is 2.59. The van der Waals surface area contributed by atoms with E-state index in [1.807, 2.05) is 5.70 Å². The van der Waals surface area contributed by atoms with Crippen LogP contribution in [-0.4, -0.2) is 7.38 Å². The Morgan fingerprint density at radius 2 is 2.00 bits per heavy atom. The summed E-state index contributed by atoms with van der Waals surface area (Å²) in [4.78, 5) is 0. The molecule has 10 heavy (non-hydrogen) atoms. The summed E-state index contributed by atoms with van der Waals surface area (Å²) in [6.45, 7) is 6.01. The topological polar surface area (TPSA) is 0 Å². The van der Waals surface area contributed by atoms with E-state index in [1.54, 1.807) is 0 Å². The Labute approximate surface area is 69.0 Å². The van der Waals surface area contributed by atoms with Gasteiger partial charge < -0.3 is 0 Å². The minimum Gasteiger partial charge on any atom is -0.162 e. The van der Waals surface area contributed by atoms with Gasteiger partial charge in [-0.25, -0.2) is 0 Å². The highest BCUT2D eigenvalue weighted by molar-refractivity contribution is 7.23. The van der Waals surface area contributed by atoms with Crippen LogP contribution in [0.3, 0.4) is 0 Å². The van der Waals surface area contributed by atoms with Crippen LogP contribution in [-0.2, 0) is 0 Å². The van der Waals surface area contributed by atoms with Crippen LogP contribution in [0.1, 0.15) is 25.7 Å². The molecule has 2 heteroatoms.